The van der Waals surface area contributed by atoms with Crippen molar-refractivity contribution in [3.8, 4) is 0 Å². The molecular weight excluding hydrogens is 272 g/mol. The first-order valence-electron chi connectivity index (χ1n) is 6.47. The third-order valence-corrected chi connectivity index (χ3v) is 4.21. The van der Waals surface area contributed by atoms with Crippen molar-refractivity contribution in [2.45, 2.75) is 25.9 Å². The summed E-state index contributed by atoms with van der Waals surface area (Å²) >= 11 is 1.77. The normalized spacial score (nSPS) is 12.6. The van der Waals surface area contributed by atoms with Crippen molar-refractivity contribution in [1.29, 1.82) is 0 Å². The van der Waals surface area contributed by atoms with E-state index in [9.17, 15) is 4.79 Å². The van der Waals surface area contributed by atoms with Crippen LogP contribution in [0.15, 0.2) is 35.8 Å². The van der Waals surface area contributed by atoms with Crippen molar-refractivity contribution in [2.24, 2.45) is 0 Å². The van der Waals surface area contributed by atoms with Crippen molar-refractivity contribution in [2.75, 3.05) is 7.05 Å². The van der Waals surface area contributed by atoms with Crippen LogP contribution in [0.3, 0.4) is 0 Å². The standard InChI is InChI=1S/C15H18N2O2S/c1-11(8-14-4-3-7-20-14)17(2)10-13-6-5-12(9-16-13)15(18)19/h3-7,9,11H,8,10H2,1-2H3,(H,18,19). The lowest BCUT2D eigenvalue weighted by atomic mass is 10.1. The number of rotatable bonds is 6. The summed E-state index contributed by atoms with van der Waals surface area (Å²) in [5.74, 6) is -0.941. The molecule has 1 unspecified atom stereocenters. The number of likely N-dealkylation sites (N-methyl/N-ethyl adjacent to an activating group) is 1. The van der Waals surface area contributed by atoms with Crippen LogP contribution in [-0.4, -0.2) is 34.0 Å². The van der Waals surface area contributed by atoms with Crippen LogP contribution in [0.2, 0.25) is 0 Å². The van der Waals surface area contributed by atoms with Crippen LogP contribution in [0.25, 0.3) is 0 Å². The molecule has 1 N–H and O–H groups in total. The molecule has 0 aliphatic rings. The monoisotopic (exact) mass is 290 g/mol. The minimum absolute atomic E-state index is 0.225. The highest BCUT2D eigenvalue weighted by Gasteiger charge is 2.12. The van der Waals surface area contributed by atoms with Gasteiger partial charge in [0, 0.05) is 23.7 Å². The highest BCUT2D eigenvalue weighted by molar-refractivity contribution is 7.09. The predicted octanol–water partition coefficient (Wildman–Crippen LogP) is 2.90. The molecule has 0 radical (unpaired) electrons. The van der Waals surface area contributed by atoms with E-state index in [-0.39, 0.29) is 5.56 Å². The van der Waals surface area contributed by atoms with Gasteiger partial charge in [-0.1, -0.05) is 6.07 Å². The van der Waals surface area contributed by atoms with Crippen molar-refractivity contribution < 1.29 is 9.90 Å². The fraction of sp³-hybridized carbons (Fsp3) is 0.333. The van der Waals surface area contributed by atoms with Crippen molar-refractivity contribution >= 4 is 17.3 Å². The molecule has 2 heterocycles. The van der Waals surface area contributed by atoms with E-state index in [1.807, 2.05) is 0 Å². The first-order valence-corrected chi connectivity index (χ1v) is 7.35. The van der Waals surface area contributed by atoms with Gasteiger partial charge in [0.25, 0.3) is 0 Å². The number of thiophene rings is 1. The summed E-state index contributed by atoms with van der Waals surface area (Å²) in [6, 6.07) is 8.00. The van der Waals surface area contributed by atoms with E-state index in [1.165, 1.54) is 11.1 Å². The van der Waals surface area contributed by atoms with Gasteiger partial charge in [0.2, 0.25) is 0 Å². The number of carboxylic acids is 1. The Morgan fingerprint density at radius 1 is 1.45 bits per heavy atom. The maximum atomic E-state index is 10.8. The Morgan fingerprint density at radius 2 is 2.25 bits per heavy atom. The van der Waals surface area contributed by atoms with Crippen LogP contribution >= 0.6 is 11.3 Å². The summed E-state index contributed by atoms with van der Waals surface area (Å²) in [7, 11) is 2.06. The molecule has 0 fully saturated rings. The quantitative estimate of drug-likeness (QED) is 0.888. The number of carbonyl (C=O) groups is 1. The Bertz CT molecular complexity index is 552. The SMILES string of the molecule is CC(Cc1cccs1)N(C)Cc1ccc(C(=O)O)cn1. The van der Waals surface area contributed by atoms with Gasteiger partial charge in [0.1, 0.15) is 0 Å². The van der Waals surface area contributed by atoms with Gasteiger partial charge < -0.3 is 5.11 Å². The highest BCUT2D eigenvalue weighted by atomic mass is 32.1. The molecule has 0 saturated heterocycles. The average Bonchev–Trinajstić information content (AvgIpc) is 2.92. The zero-order valence-corrected chi connectivity index (χ0v) is 12.4. The Hall–Kier alpha value is -1.72. The van der Waals surface area contributed by atoms with E-state index in [0.29, 0.717) is 12.6 Å². The minimum atomic E-state index is -0.941. The van der Waals surface area contributed by atoms with Crippen LogP contribution in [0.5, 0.6) is 0 Å². The molecule has 2 aromatic heterocycles. The first kappa shape index (κ1) is 14.7. The van der Waals surface area contributed by atoms with Crippen LogP contribution in [-0.2, 0) is 13.0 Å². The lowest BCUT2D eigenvalue weighted by Gasteiger charge is -2.23. The van der Waals surface area contributed by atoms with E-state index in [1.54, 1.807) is 23.5 Å². The number of aromatic carboxylic acids is 1. The Labute approximate surface area is 122 Å². The van der Waals surface area contributed by atoms with E-state index < -0.39 is 5.97 Å². The Balaban J connectivity index is 1.93. The van der Waals surface area contributed by atoms with E-state index in [0.717, 1.165) is 12.1 Å². The van der Waals surface area contributed by atoms with Gasteiger partial charge in [0.15, 0.2) is 0 Å². The molecule has 2 rings (SSSR count). The summed E-state index contributed by atoms with van der Waals surface area (Å²) in [6.45, 7) is 2.90. The maximum absolute atomic E-state index is 10.8. The van der Waals surface area contributed by atoms with Crippen LogP contribution in [0, 0.1) is 0 Å². The number of nitrogens with zero attached hydrogens (tertiary/aromatic N) is 2. The molecule has 0 aromatic carbocycles. The Morgan fingerprint density at radius 3 is 2.80 bits per heavy atom. The second kappa shape index (κ2) is 6.63. The van der Waals surface area contributed by atoms with Gasteiger partial charge in [-0.2, -0.15) is 0 Å². The number of hydrogen-bond acceptors (Lipinski definition) is 4. The van der Waals surface area contributed by atoms with Gasteiger partial charge in [0.05, 0.1) is 11.3 Å². The molecule has 4 nitrogen and oxygen atoms in total. The Kier molecular flexibility index (Phi) is 4.87. The fourth-order valence-corrected chi connectivity index (χ4v) is 2.76. The summed E-state index contributed by atoms with van der Waals surface area (Å²) < 4.78 is 0. The van der Waals surface area contributed by atoms with E-state index in [4.69, 9.17) is 5.11 Å². The summed E-state index contributed by atoms with van der Waals surface area (Å²) in [6.07, 6.45) is 2.43. The van der Waals surface area contributed by atoms with Gasteiger partial charge in [-0.15, -0.1) is 11.3 Å². The highest BCUT2D eigenvalue weighted by Crippen LogP contribution is 2.14. The van der Waals surface area contributed by atoms with E-state index in [2.05, 4.69) is 41.4 Å². The van der Waals surface area contributed by atoms with Crippen LogP contribution in [0.4, 0.5) is 0 Å². The number of aromatic nitrogens is 1. The molecule has 106 valence electrons. The third-order valence-electron chi connectivity index (χ3n) is 3.31. The lowest BCUT2D eigenvalue weighted by Crippen LogP contribution is -2.30. The van der Waals surface area contributed by atoms with Gasteiger partial charge >= 0.3 is 5.97 Å². The smallest absolute Gasteiger partial charge is 0.337 e. The molecule has 0 saturated carbocycles. The number of carboxylic acid groups (broad SMARTS) is 1. The zero-order chi connectivity index (χ0) is 14.5. The molecule has 0 spiro atoms. The fourth-order valence-electron chi connectivity index (χ4n) is 1.93. The first-order chi connectivity index (χ1) is 9.56. The second-order valence-corrected chi connectivity index (χ2v) is 5.92. The zero-order valence-electron chi connectivity index (χ0n) is 11.6. The summed E-state index contributed by atoms with van der Waals surface area (Å²) in [4.78, 5) is 18.6. The van der Waals surface area contributed by atoms with Gasteiger partial charge in [-0.25, -0.2) is 4.79 Å². The van der Waals surface area contributed by atoms with E-state index >= 15 is 0 Å². The summed E-state index contributed by atoms with van der Waals surface area (Å²) in [5.41, 5.74) is 1.11. The van der Waals surface area contributed by atoms with Gasteiger partial charge in [-0.05, 0) is 44.0 Å². The van der Waals surface area contributed by atoms with Gasteiger partial charge in [-0.3, -0.25) is 9.88 Å². The topological polar surface area (TPSA) is 53.4 Å². The molecule has 1 atom stereocenters. The molecule has 5 heteroatoms. The molecule has 20 heavy (non-hydrogen) atoms. The van der Waals surface area contributed by atoms with Crippen molar-refractivity contribution in [3.63, 3.8) is 0 Å². The summed E-state index contributed by atoms with van der Waals surface area (Å²) in [5, 5.41) is 10.9. The third kappa shape index (κ3) is 3.88. The van der Waals surface area contributed by atoms with Crippen molar-refractivity contribution in [3.05, 3.63) is 52.0 Å². The maximum Gasteiger partial charge on any atom is 0.337 e. The molecule has 0 amide bonds. The number of pyridine rings is 1. The predicted molar refractivity (Wildman–Crippen MR) is 80.1 cm³/mol. The average molecular weight is 290 g/mol. The molecular formula is C15H18N2O2S. The number of hydrogen-bond donors (Lipinski definition) is 1. The van der Waals surface area contributed by atoms with Crippen LogP contribution < -0.4 is 0 Å². The molecule has 2 aromatic rings. The lowest BCUT2D eigenvalue weighted by molar-refractivity contribution is 0.0696. The van der Waals surface area contributed by atoms with Crippen molar-refractivity contribution in [1.82, 2.24) is 9.88 Å². The second-order valence-electron chi connectivity index (χ2n) is 4.89. The molecule has 0 bridgehead atoms. The molecule has 0 aliphatic carbocycles. The molecule has 0 aliphatic heterocycles. The van der Waals surface area contributed by atoms with Crippen LogP contribution in [0.1, 0.15) is 27.9 Å². The largest absolute Gasteiger partial charge is 0.478 e. The minimum Gasteiger partial charge on any atom is -0.478 e.